The van der Waals surface area contributed by atoms with E-state index in [2.05, 4.69) is 19.1 Å². The minimum absolute atomic E-state index is 0.348. The van der Waals surface area contributed by atoms with E-state index in [9.17, 15) is 10.1 Å². The van der Waals surface area contributed by atoms with Crippen molar-refractivity contribution in [3.63, 3.8) is 0 Å². The molecular formula is C22H27NO. The summed E-state index contributed by atoms with van der Waals surface area (Å²) in [6.45, 7) is 2.36. The Kier molecular flexibility index (Phi) is 2.56. The largest absolute Gasteiger partial charge is 0.295 e. The molecule has 0 radical (unpaired) electrons. The molecule has 5 saturated carbocycles. The van der Waals surface area contributed by atoms with Gasteiger partial charge in [-0.3, -0.25) is 4.79 Å². The lowest BCUT2D eigenvalue weighted by Crippen LogP contribution is -2.50. The van der Waals surface area contributed by atoms with E-state index in [1.165, 1.54) is 32.1 Å². The van der Waals surface area contributed by atoms with Crippen molar-refractivity contribution in [2.45, 2.75) is 51.9 Å². The van der Waals surface area contributed by atoms with Crippen molar-refractivity contribution in [3.05, 3.63) is 11.6 Å². The van der Waals surface area contributed by atoms with E-state index < -0.39 is 0 Å². The molecular weight excluding hydrogens is 294 g/mol. The molecule has 10 atom stereocenters. The third kappa shape index (κ3) is 1.48. The normalized spacial score (nSPS) is 59.1. The Bertz CT molecular complexity index is 701. The fourth-order valence-electron chi connectivity index (χ4n) is 8.58. The second-order valence-corrected chi connectivity index (χ2v) is 9.82. The van der Waals surface area contributed by atoms with Gasteiger partial charge < -0.3 is 0 Å². The van der Waals surface area contributed by atoms with Gasteiger partial charge in [-0.15, -0.1) is 0 Å². The van der Waals surface area contributed by atoms with Crippen molar-refractivity contribution in [2.75, 3.05) is 0 Å². The second-order valence-electron chi connectivity index (χ2n) is 9.82. The number of allylic oxidation sites excluding steroid dienone is 1. The Hall–Kier alpha value is -1.10. The van der Waals surface area contributed by atoms with Crippen LogP contribution >= 0.6 is 0 Å². The number of carbonyl (C=O) groups is 1. The summed E-state index contributed by atoms with van der Waals surface area (Å²) in [6, 6.07) is 2.78. The maximum absolute atomic E-state index is 12.0. The highest BCUT2D eigenvalue weighted by Crippen LogP contribution is 2.78. The molecule has 6 aliphatic rings. The fraction of sp³-hybridized carbons (Fsp3) is 0.818. The SMILES string of the molecule is CCC12CC[C@@H]3C4CCC(=O)C=C4[C@@H]4CC4C3C1C1CC1C2C#N. The standard InChI is InChI=1S/C22H27NO/c1-2-22-6-5-13-12-4-3-11(24)7-14(12)15-8-17(15)20(13)21(22)18-9-16(18)19(22)10-23/h7,12-13,15-21H,2-6,8-9H2,1H3/t12?,13-,15+,16?,17?,18?,19?,20?,21?,22?/m1/s1. The summed E-state index contributed by atoms with van der Waals surface area (Å²) >= 11 is 0. The van der Waals surface area contributed by atoms with Gasteiger partial charge in [0.15, 0.2) is 5.78 Å². The van der Waals surface area contributed by atoms with E-state index in [4.69, 9.17) is 0 Å². The Balaban J connectivity index is 1.43. The highest BCUT2D eigenvalue weighted by molar-refractivity contribution is 5.91. The van der Waals surface area contributed by atoms with E-state index in [1.54, 1.807) is 5.57 Å². The number of nitrogens with zero attached hydrogens (tertiary/aromatic N) is 1. The zero-order valence-corrected chi connectivity index (χ0v) is 14.6. The number of ketones is 1. The Morgan fingerprint density at radius 3 is 2.83 bits per heavy atom. The van der Waals surface area contributed by atoms with Crippen molar-refractivity contribution >= 4 is 5.78 Å². The van der Waals surface area contributed by atoms with Crippen LogP contribution < -0.4 is 0 Å². The van der Waals surface area contributed by atoms with Crippen LogP contribution in [-0.2, 0) is 4.79 Å². The Labute approximate surface area is 144 Å². The molecule has 8 unspecified atom stereocenters. The molecule has 0 heterocycles. The summed E-state index contributed by atoms with van der Waals surface area (Å²) < 4.78 is 0. The molecule has 0 aromatic carbocycles. The average molecular weight is 321 g/mol. The van der Waals surface area contributed by atoms with Crippen molar-refractivity contribution in [3.8, 4) is 6.07 Å². The summed E-state index contributed by atoms with van der Waals surface area (Å²) in [6.07, 6.45) is 10.5. The Morgan fingerprint density at radius 1 is 1.17 bits per heavy atom. The first-order chi connectivity index (χ1) is 11.7. The molecule has 2 nitrogen and oxygen atoms in total. The van der Waals surface area contributed by atoms with Crippen LogP contribution in [0.15, 0.2) is 11.6 Å². The number of rotatable bonds is 1. The van der Waals surface area contributed by atoms with Crippen LogP contribution in [0.25, 0.3) is 0 Å². The van der Waals surface area contributed by atoms with Gasteiger partial charge in [-0.2, -0.15) is 5.26 Å². The number of hydrogen-bond donors (Lipinski definition) is 0. The lowest BCUT2D eigenvalue weighted by atomic mass is 9.49. The third-order valence-corrected chi connectivity index (χ3v) is 9.45. The number of fused-ring (bicyclic) bond motifs is 10. The van der Waals surface area contributed by atoms with Crippen molar-refractivity contribution in [2.24, 2.45) is 58.7 Å². The lowest BCUT2D eigenvalue weighted by Gasteiger charge is -2.55. The lowest BCUT2D eigenvalue weighted by molar-refractivity contribution is -0.116. The molecule has 126 valence electrons. The first-order valence-corrected chi connectivity index (χ1v) is 10.3. The van der Waals surface area contributed by atoms with Gasteiger partial charge in [0.05, 0.1) is 12.0 Å². The predicted octanol–water partition coefficient (Wildman–Crippen LogP) is 4.37. The van der Waals surface area contributed by atoms with Gasteiger partial charge in [-0.1, -0.05) is 12.5 Å². The third-order valence-electron chi connectivity index (χ3n) is 9.45. The first-order valence-electron chi connectivity index (χ1n) is 10.3. The van der Waals surface area contributed by atoms with Crippen LogP contribution in [0.3, 0.4) is 0 Å². The zero-order valence-electron chi connectivity index (χ0n) is 14.6. The van der Waals surface area contributed by atoms with Crippen molar-refractivity contribution in [1.82, 2.24) is 0 Å². The molecule has 0 spiro atoms. The van der Waals surface area contributed by atoms with Crippen LogP contribution in [-0.4, -0.2) is 5.78 Å². The Morgan fingerprint density at radius 2 is 2.04 bits per heavy atom. The molecule has 0 aromatic rings. The van der Waals surface area contributed by atoms with Gasteiger partial charge >= 0.3 is 0 Å². The quantitative estimate of drug-likeness (QED) is 0.719. The smallest absolute Gasteiger partial charge is 0.155 e. The first kappa shape index (κ1) is 14.1. The number of carbonyl (C=O) groups excluding carboxylic acids is 1. The summed E-state index contributed by atoms with van der Waals surface area (Å²) in [7, 11) is 0. The van der Waals surface area contributed by atoms with E-state index in [-0.39, 0.29) is 0 Å². The minimum atomic E-state index is 0.348. The van der Waals surface area contributed by atoms with E-state index in [1.807, 2.05) is 0 Å². The summed E-state index contributed by atoms with van der Waals surface area (Å²) in [5.74, 6) is 7.21. The van der Waals surface area contributed by atoms with Crippen molar-refractivity contribution in [1.29, 1.82) is 5.26 Å². The van der Waals surface area contributed by atoms with Crippen LogP contribution in [0.1, 0.15) is 51.9 Å². The van der Waals surface area contributed by atoms with Crippen LogP contribution in [0, 0.1) is 70.0 Å². The maximum atomic E-state index is 12.0. The average Bonchev–Trinajstić information content (AvgIpc) is 3.50. The predicted molar refractivity (Wildman–Crippen MR) is 90.5 cm³/mol. The van der Waals surface area contributed by atoms with E-state index in [0.717, 1.165) is 54.3 Å². The van der Waals surface area contributed by atoms with Crippen LogP contribution in [0.4, 0.5) is 0 Å². The highest BCUT2D eigenvalue weighted by atomic mass is 16.1. The molecule has 0 bridgehead atoms. The molecule has 6 aliphatic carbocycles. The van der Waals surface area contributed by atoms with Gasteiger partial charge in [-0.05, 0) is 97.4 Å². The maximum Gasteiger partial charge on any atom is 0.155 e. The molecule has 0 amide bonds. The van der Waals surface area contributed by atoms with Gasteiger partial charge in [0, 0.05) is 6.42 Å². The summed E-state index contributed by atoms with van der Waals surface area (Å²) in [4.78, 5) is 12.0. The summed E-state index contributed by atoms with van der Waals surface area (Å²) in [5, 5.41) is 9.89. The number of hydrogen-bond acceptors (Lipinski definition) is 2. The fourth-order valence-corrected chi connectivity index (χ4v) is 8.58. The second kappa shape index (κ2) is 4.35. The van der Waals surface area contributed by atoms with E-state index >= 15 is 0 Å². The molecule has 0 saturated heterocycles. The molecule has 0 aliphatic heterocycles. The van der Waals surface area contributed by atoms with Crippen molar-refractivity contribution < 1.29 is 4.79 Å². The van der Waals surface area contributed by atoms with Gasteiger partial charge in [-0.25, -0.2) is 0 Å². The number of nitriles is 1. The monoisotopic (exact) mass is 321 g/mol. The zero-order chi connectivity index (χ0) is 16.2. The van der Waals surface area contributed by atoms with Gasteiger partial charge in [0.25, 0.3) is 0 Å². The molecule has 5 fully saturated rings. The van der Waals surface area contributed by atoms with Crippen LogP contribution in [0.5, 0.6) is 0 Å². The van der Waals surface area contributed by atoms with Crippen LogP contribution in [0.2, 0.25) is 0 Å². The topological polar surface area (TPSA) is 40.9 Å². The van der Waals surface area contributed by atoms with E-state index in [0.29, 0.717) is 23.0 Å². The van der Waals surface area contributed by atoms with Gasteiger partial charge in [0.1, 0.15) is 0 Å². The highest BCUT2D eigenvalue weighted by Gasteiger charge is 2.73. The molecule has 0 aromatic heterocycles. The molecule has 2 heteroatoms. The minimum Gasteiger partial charge on any atom is -0.295 e. The molecule has 24 heavy (non-hydrogen) atoms. The molecule has 0 N–H and O–H groups in total. The van der Waals surface area contributed by atoms with Gasteiger partial charge in [0.2, 0.25) is 0 Å². The molecule has 6 rings (SSSR count). The summed E-state index contributed by atoms with van der Waals surface area (Å²) in [5.41, 5.74) is 1.91.